The minimum Gasteiger partial charge on any atom is -0.452 e. The van der Waals surface area contributed by atoms with Gasteiger partial charge in [-0.05, 0) is 31.5 Å². The molecule has 0 unspecified atom stereocenters. The molecule has 0 radical (unpaired) electrons. The largest absolute Gasteiger partial charge is 0.452 e. The van der Waals surface area contributed by atoms with Crippen molar-refractivity contribution in [1.29, 1.82) is 0 Å². The summed E-state index contributed by atoms with van der Waals surface area (Å²) in [5.74, 6) is -2.54. The van der Waals surface area contributed by atoms with Crippen LogP contribution in [0, 0.1) is 5.82 Å². The summed E-state index contributed by atoms with van der Waals surface area (Å²) < 4.78 is 43.7. The quantitative estimate of drug-likeness (QED) is 0.697. The van der Waals surface area contributed by atoms with Crippen LogP contribution in [0.3, 0.4) is 0 Å². The zero-order valence-corrected chi connectivity index (χ0v) is 15.5. The van der Waals surface area contributed by atoms with E-state index in [0.717, 1.165) is 35.3 Å². The molecule has 25 heavy (non-hydrogen) atoms. The molecule has 140 valence electrons. The van der Waals surface area contributed by atoms with Crippen molar-refractivity contribution in [2.75, 3.05) is 20.7 Å². The summed E-state index contributed by atoms with van der Waals surface area (Å²) in [5, 5.41) is 2.64. The number of nitrogens with one attached hydrogen (secondary N) is 1. The Bertz CT molecular complexity index is 734. The van der Waals surface area contributed by atoms with Crippen LogP contribution >= 0.6 is 0 Å². The molecule has 0 bridgehead atoms. The van der Waals surface area contributed by atoms with Crippen molar-refractivity contribution in [3.8, 4) is 0 Å². The Labute approximate surface area is 147 Å². The van der Waals surface area contributed by atoms with Crippen LogP contribution < -0.4 is 5.32 Å². The standard InChI is InChI=1S/C16H23FN2O5S/c1-5-6-11(2)18-15(20)10-24-16(21)13-9-12(7-8-14(13)17)25(22,23)19(3)4/h7-9,11H,5-6,10H2,1-4H3,(H,18,20)/t11-/m1/s1. The van der Waals surface area contributed by atoms with Gasteiger partial charge in [0.05, 0.1) is 10.5 Å². The fraction of sp³-hybridized carbons (Fsp3) is 0.500. The normalized spacial score (nSPS) is 12.7. The van der Waals surface area contributed by atoms with Gasteiger partial charge < -0.3 is 10.1 Å². The maximum atomic E-state index is 13.8. The molecule has 0 fully saturated rings. The number of benzene rings is 1. The lowest BCUT2D eigenvalue weighted by atomic mass is 10.2. The fourth-order valence-electron chi connectivity index (χ4n) is 2.06. The highest BCUT2D eigenvalue weighted by atomic mass is 32.2. The molecule has 1 amide bonds. The Morgan fingerprint density at radius 1 is 1.32 bits per heavy atom. The highest BCUT2D eigenvalue weighted by Gasteiger charge is 2.22. The molecule has 0 aliphatic rings. The Kier molecular flexibility index (Phi) is 7.50. The molecule has 1 N–H and O–H groups in total. The van der Waals surface area contributed by atoms with E-state index in [1.165, 1.54) is 14.1 Å². The molecule has 0 heterocycles. The summed E-state index contributed by atoms with van der Waals surface area (Å²) in [6.45, 7) is 3.22. The second kappa shape index (κ2) is 8.91. The number of nitrogens with zero attached hydrogens (tertiary/aromatic N) is 1. The number of esters is 1. The van der Waals surface area contributed by atoms with Gasteiger partial charge in [0.1, 0.15) is 5.82 Å². The number of hydrogen-bond acceptors (Lipinski definition) is 5. The number of rotatable bonds is 8. The fourth-order valence-corrected chi connectivity index (χ4v) is 2.99. The van der Waals surface area contributed by atoms with E-state index in [1.807, 2.05) is 13.8 Å². The smallest absolute Gasteiger partial charge is 0.341 e. The van der Waals surface area contributed by atoms with Gasteiger partial charge in [-0.1, -0.05) is 13.3 Å². The molecule has 0 aromatic heterocycles. The second-order valence-corrected chi connectivity index (χ2v) is 7.91. The van der Waals surface area contributed by atoms with E-state index >= 15 is 0 Å². The van der Waals surface area contributed by atoms with E-state index in [2.05, 4.69) is 5.32 Å². The minimum atomic E-state index is -3.82. The molecule has 0 saturated carbocycles. The lowest BCUT2D eigenvalue weighted by Gasteiger charge is -2.14. The van der Waals surface area contributed by atoms with Crippen LogP contribution in [0.5, 0.6) is 0 Å². The molecular formula is C16H23FN2O5S. The zero-order valence-electron chi connectivity index (χ0n) is 14.7. The number of carbonyl (C=O) groups is 2. The average Bonchev–Trinajstić information content (AvgIpc) is 2.52. The highest BCUT2D eigenvalue weighted by Crippen LogP contribution is 2.18. The van der Waals surface area contributed by atoms with E-state index in [1.54, 1.807) is 0 Å². The van der Waals surface area contributed by atoms with Crippen molar-refractivity contribution in [2.45, 2.75) is 37.6 Å². The van der Waals surface area contributed by atoms with E-state index < -0.39 is 39.9 Å². The van der Waals surface area contributed by atoms with Gasteiger partial charge in [-0.2, -0.15) is 0 Å². The number of carbonyl (C=O) groups excluding carboxylic acids is 2. The summed E-state index contributed by atoms with van der Waals surface area (Å²) in [7, 11) is -1.19. The number of sulfonamides is 1. The predicted octanol–water partition coefficient (Wildman–Crippen LogP) is 1.54. The molecular weight excluding hydrogens is 351 g/mol. The highest BCUT2D eigenvalue weighted by molar-refractivity contribution is 7.89. The monoisotopic (exact) mass is 374 g/mol. The van der Waals surface area contributed by atoms with Gasteiger partial charge in [-0.25, -0.2) is 21.9 Å². The zero-order chi connectivity index (χ0) is 19.2. The Hall–Kier alpha value is -2.00. The van der Waals surface area contributed by atoms with Gasteiger partial charge in [0.2, 0.25) is 10.0 Å². The van der Waals surface area contributed by atoms with Gasteiger partial charge in [0, 0.05) is 20.1 Å². The summed E-state index contributed by atoms with van der Waals surface area (Å²) in [4.78, 5) is 23.4. The summed E-state index contributed by atoms with van der Waals surface area (Å²) >= 11 is 0. The van der Waals surface area contributed by atoms with Crippen molar-refractivity contribution in [3.63, 3.8) is 0 Å². The minimum absolute atomic E-state index is 0.0681. The van der Waals surface area contributed by atoms with E-state index in [9.17, 15) is 22.4 Å². The molecule has 1 aromatic carbocycles. The lowest BCUT2D eigenvalue weighted by Crippen LogP contribution is -2.35. The average molecular weight is 374 g/mol. The van der Waals surface area contributed by atoms with Crippen LogP contribution in [0.2, 0.25) is 0 Å². The molecule has 1 rings (SSSR count). The maximum Gasteiger partial charge on any atom is 0.341 e. The lowest BCUT2D eigenvalue weighted by molar-refractivity contribution is -0.124. The van der Waals surface area contributed by atoms with E-state index in [4.69, 9.17) is 4.74 Å². The van der Waals surface area contributed by atoms with Crippen LogP contribution in [0.25, 0.3) is 0 Å². The molecule has 0 aliphatic heterocycles. The van der Waals surface area contributed by atoms with Crippen molar-refractivity contribution >= 4 is 21.9 Å². The number of hydrogen-bond donors (Lipinski definition) is 1. The molecule has 0 saturated heterocycles. The molecule has 1 aromatic rings. The first-order valence-corrected chi connectivity index (χ1v) is 9.22. The SMILES string of the molecule is CCC[C@@H](C)NC(=O)COC(=O)c1cc(S(=O)(=O)N(C)C)ccc1F. The molecule has 9 heteroatoms. The summed E-state index contributed by atoms with van der Waals surface area (Å²) in [6, 6.07) is 2.75. The van der Waals surface area contributed by atoms with Gasteiger partial charge in [0.15, 0.2) is 6.61 Å². The van der Waals surface area contributed by atoms with Crippen LogP contribution in [0.1, 0.15) is 37.0 Å². The molecule has 0 spiro atoms. The topological polar surface area (TPSA) is 92.8 Å². The van der Waals surface area contributed by atoms with Crippen molar-refractivity contribution in [1.82, 2.24) is 9.62 Å². The third-order valence-corrected chi connectivity index (χ3v) is 5.21. The van der Waals surface area contributed by atoms with Gasteiger partial charge in [0.25, 0.3) is 5.91 Å². The first-order chi connectivity index (χ1) is 11.6. The number of ether oxygens (including phenoxy) is 1. The third-order valence-electron chi connectivity index (χ3n) is 3.40. The number of halogens is 1. The van der Waals surface area contributed by atoms with E-state index in [0.29, 0.717) is 0 Å². The molecule has 0 aliphatic carbocycles. The van der Waals surface area contributed by atoms with E-state index in [-0.39, 0.29) is 10.9 Å². The molecule has 7 nitrogen and oxygen atoms in total. The van der Waals surface area contributed by atoms with Crippen molar-refractivity contribution in [3.05, 3.63) is 29.6 Å². The van der Waals surface area contributed by atoms with Crippen molar-refractivity contribution < 1.29 is 27.1 Å². The van der Waals surface area contributed by atoms with Gasteiger partial charge in [-0.15, -0.1) is 0 Å². The second-order valence-electron chi connectivity index (χ2n) is 5.76. The van der Waals surface area contributed by atoms with Gasteiger partial charge in [-0.3, -0.25) is 4.79 Å². The Morgan fingerprint density at radius 3 is 2.52 bits per heavy atom. The third kappa shape index (κ3) is 5.79. The van der Waals surface area contributed by atoms with Crippen LogP contribution in [0.15, 0.2) is 23.1 Å². The Morgan fingerprint density at radius 2 is 1.96 bits per heavy atom. The summed E-state index contributed by atoms with van der Waals surface area (Å²) in [5.41, 5.74) is -0.544. The van der Waals surface area contributed by atoms with Crippen molar-refractivity contribution in [2.24, 2.45) is 0 Å². The summed E-state index contributed by atoms with van der Waals surface area (Å²) in [6.07, 6.45) is 1.67. The van der Waals surface area contributed by atoms with Crippen LogP contribution in [0.4, 0.5) is 4.39 Å². The Balaban J connectivity index is 2.84. The molecule has 1 atom stereocenters. The van der Waals surface area contributed by atoms with Gasteiger partial charge >= 0.3 is 5.97 Å². The van der Waals surface area contributed by atoms with Crippen LogP contribution in [-0.4, -0.2) is 51.3 Å². The first-order valence-electron chi connectivity index (χ1n) is 7.78. The first kappa shape index (κ1) is 21.0. The predicted molar refractivity (Wildman–Crippen MR) is 90.1 cm³/mol. The van der Waals surface area contributed by atoms with Crippen LogP contribution in [-0.2, 0) is 19.6 Å². The maximum absolute atomic E-state index is 13.8. The number of amides is 1.